The SMILES string of the molecule is CS(=O)(=O)CCCS(=O)c1cc(Cl)ccc1N. The number of anilines is 1. The largest absolute Gasteiger partial charge is 0.398 e. The minimum absolute atomic E-state index is 0.0270. The third-order valence-corrected chi connectivity index (χ3v) is 4.83. The van der Waals surface area contributed by atoms with Crippen LogP contribution in [0.3, 0.4) is 0 Å². The molecule has 0 saturated heterocycles. The average molecular weight is 296 g/mol. The van der Waals surface area contributed by atoms with Gasteiger partial charge in [0.05, 0.1) is 21.4 Å². The first kappa shape index (κ1) is 14.5. The number of nitrogen functional groups attached to an aromatic ring is 1. The Kier molecular flexibility index (Phi) is 4.97. The van der Waals surface area contributed by atoms with Gasteiger partial charge in [0.1, 0.15) is 9.84 Å². The Balaban J connectivity index is 2.67. The number of benzene rings is 1. The van der Waals surface area contributed by atoms with Crippen LogP contribution in [0.2, 0.25) is 5.02 Å². The van der Waals surface area contributed by atoms with Gasteiger partial charge in [0, 0.05) is 22.7 Å². The number of sulfone groups is 1. The van der Waals surface area contributed by atoms with Crippen LogP contribution in [0.15, 0.2) is 23.1 Å². The fraction of sp³-hybridized carbons (Fsp3) is 0.400. The van der Waals surface area contributed by atoms with E-state index in [9.17, 15) is 12.6 Å². The van der Waals surface area contributed by atoms with Gasteiger partial charge >= 0.3 is 0 Å². The van der Waals surface area contributed by atoms with Gasteiger partial charge in [-0.1, -0.05) is 11.6 Å². The van der Waals surface area contributed by atoms with E-state index in [1.165, 1.54) is 0 Å². The molecule has 1 aromatic carbocycles. The Bertz CT molecular complexity index is 528. The molecule has 0 aliphatic heterocycles. The lowest BCUT2D eigenvalue weighted by Crippen LogP contribution is -2.08. The van der Waals surface area contributed by atoms with Gasteiger partial charge in [0.25, 0.3) is 0 Å². The fourth-order valence-corrected chi connectivity index (χ4v) is 3.57. The van der Waals surface area contributed by atoms with Gasteiger partial charge in [-0.3, -0.25) is 4.21 Å². The van der Waals surface area contributed by atoms with Gasteiger partial charge in [0.15, 0.2) is 0 Å². The van der Waals surface area contributed by atoms with Crippen LogP contribution < -0.4 is 5.73 Å². The second kappa shape index (κ2) is 5.84. The highest BCUT2D eigenvalue weighted by Gasteiger charge is 2.10. The molecule has 1 aromatic rings. The van der Waals surface area contributed by atoms with Crippen LogP contribution in [0.4, 0.5) is 5.69 Å². The maximum Gasteiger partial charge on any atom is 0.147 e. The van der Waals surface area contributed by atoms with Crippen molar-refractivity contribution in [3.63, 3.8) is 0 Å². The molecule has 0 fully saturated rings. The Morgan fingerprint density at radius 2 is 2.06 bits per heavy atom. The molecule has 0 saturated carbocycles. The molecule has 4 nitrogen and oxygen atoms in total. The second-order valence-corrected chi connectivity index (χ2v) is 7.95. The van der Waals surface area contributed by atoms with Gasteiger partial charge in [-0.25, -0.2) is 8.42 Å². The molecule has 0 aliphatic carbocycles. The predicted octanol–water partition coefficient (Wildman–Crippen LogP) is 1.46. The Morgan fingerprint density at radius 3 is 2.65 bits per heavy atom. The molecule has 96 valence electrons. The highest BCUT2D eigenvalue weighted by atomic mass is 35.5. The molecular formula is C10H14ClNO3S2. The smallest absolute Gasteiger partial charge is 0.147 e. The van der Waals surface area contributed by atoms with Crippen molar-refractivity contribution in [3.8, 4) is 0 Å². The summed E-state index contributed by atoms with van der Waals surface area (Å²) in [6.45, 7) is 0. The van der Waals surface area contributed by atoms with E-state index in [1.54, 1.807) is 18.2 Å². The van der Waals surface area contributed by atoms with Crippen LogP contribution in [-0.4, -0.2) is 30.4 Å². The van der Waals surface area contributed by atoms with Crippen LogP contribution in [0, 0.1) is 0 Å². The molecular weight excluding hydrogens is 282 g/mol. The normalized spacial score (nSPS) is 13.5. The third-order valence-electron chi connectivity index (χ3n) is 2.07. The van der Waals surface area contributed by atoms with Crippen LogP contribution in [0.25, 0.3) is 0 Å². The highest BCUT2D eigenvalue weighted by Crippen LogP contribution is 2.21. The van der Waals surface area contributed by atoms with Crippen LogP contribution in [0.5, 0.6) is 0 Å². The molecule has 1 unspecified atom stereocenters. The van der Waals surface area contributed by atoms with Crippen LogP contribution >= 0.6 is 11.6 Å². The maximum atomic E-state index is 11.9. The molecule has 7 heteroatoms. The van der Waals surface area contributed by atoms with E-state index in [2.05, 4.69) is 0 Å². The standard InChI is InChI=1S/C10H14ClNO3S2/c1-17(14,15)6-2-5-16(13)10-7-8(11)3-4-9(10)12/h3-4,7H,2,5-6,12H2,1H3. The van der Waals surface area contributed by atoms with Crippen molar-refractivity contribution < 1.29 is 12.6 Å². The summed E-state index contributed by atoms with van der Waals surface area (Å²) in [7, 11) is -4.33. The molecule has 0 aliphatic rings. The van der Waals surface area contributed by atoms with E-state index in [1.807, 2.05) is 0 Å². The molecule has 0 amide bonds. The lowest BCUT2D eigenvalue weighted by molar-refractivity contribution is 0.600. The summed E-state index contributed by atoms with van der Waals surface area (Å²) in [6, 6.07) is 4.76. The van der Waals surface area contributed by atoms with Crippen molar-refractivity contribution in [3.05, 3.63) is 23.2 Å². The molecule has 0 radical (unpaired) electrons. The van der Waals surface area contributed by atoms with Crippen molar-refractivity contribution in [2.75, 3.05) is 23.5 Å². The molecule has 2 N–H and O–H groups in total. The Hall–Kier alpha value is -0.590. The first-order chi connectivity index (χ1) is 7.79. The first-order valence-electron chi connectivity index (χ1n) is 4.91. The number of halogens is 1. The van der Waals surface area contributed by atoms with Gasteiger partial charge < -0.3 is 5.73 Å². The summed E-state index contributed by atoms with van der Waals surface area (Å²) in [6.07, 6.45) is 1.50. The number of nitrogens with two attached hydrogens (primary N) is 1. The fourth-order valence-electron chi connectivity index (χ4n) is 1.27. The van der Waals surface area contributed by atoms with Crippen molar-refractivity contribution in [1.29, 1.82) is 0 Å². The van der Waals surface area contributed by atoms with Crippen LogP contribution in [-0.2, 0) is 20.6 Å². The summed E-state index contributed by atoms with van der Waals surface area (Å²) in [5.41, 5.74) is 6.09. The lowest BCUT2D eigenvalue weighted by Gasteiger charge is -2.05. The zero-order valence-corrected chi connectivity index (χ0v) is 11.7. The van der Waals surface area contributed by atoms with E-state index >= 15 is 0 Å². The minimum Gasteiger partial charge on any atom is -0.398 e. The lowest BCUT2D eigenvalue weighted by atomic mass is 10.3. The van der Waals surface area contributed by atoms with E-state index in [0.29, 0.717) is 22.0 Å². The van der Waals surface area contributed by atoms with E-state index in [4.69, 9.17) is 17.3 Å². The summed E-state index contributed by atoms with van der Waals surface area (Å²) in [5, 5.41) is 0.464. The number of hydrogen-bond acceptors (Lipinski definition) is 4. The second-order valence-electron chi connectivity index (χ2n) is 3.72. The monoisotopic (exact) mass is 295 g/mol. The molecule has 0 bridgehead atoms. The maximum absolute atomic E-state index is 11.9. The molecule has 0 spiro atoms. The highest BCUT2D eigenvalue weighted by molar-refractivity contribution is 7.90. The van der Waals surface area contributed by atoms with E-state index in [0.717, 1.165) is 6.26 Å². The minimum atomic E-state index is -3.01. The molecule has 1 atom stereocenters. The molecule has 1 rings (SSSR count). The zero-order valence-electron chi connectivity index (χ0n) is 9.35. The van der Waals surface area contributed by atoms with Crippen molar-refractivity contribution in [2.45, 2.75) is 11.3 Å². The predicted molar refractivity (Wildman–Crippen MR) is 71.5 cm³/mol. The van der Waals surface area contributed by atoms with Crippen molar-refractivity contribution in [2.24, 2.45) is 0 Å². The van der Waals surface area contributed by atoms with Gasteiger partial charge in [-0.2, -0.15) is 0 Å². The molecule has 0 heterocycles. The summed E-state index contributed by atoms with van der Waals surface area (Å²) in [5.74, 6) is 0.289. The van der Waals surface area contributed by atoms with Gasteiger partial charge in [-0.05, 0) is 24.6 Å². The number of rotatable bonds is 5. The van der Waals surface area contributed by atoms with Gasteiger partial charge in [-0.15, -0.1) is 0 Å². The molecule has 17 heavy (non-hydrogen) atoms. The molecule has 0 aromatic heterocycles. The Labute approximate surface area is 109 Å². The topological polar surface area (TPSA) is 77.2 Å². The zero-order chi connectivity index (χ0) is 13.1. The Morgan fingerprint density at radius 1 is 1.41 bits per heavy atom. The number of hydrogen-bond donors (Lipinski definition) is 1. The summed E-state index contributed by atoms with van der Waals surface area (Å²) >= 11 is 5.78. The van der Waals surface area contributed by atoms with Crippen molar-refractivity contribution in [1.82, 2.24) is 0 Å². The summed E-state index contributed by atoms with van der Waals surface area (Å²) < 4.78 is 33.7. The first-order valence-corrected chi connectivity index (χ1v) is 8.66. The van der Waals surface area contributed by atoms with Crippen molar-refractivity contribution >= 4 is 37.9 Å². The van der Waals surface area contributed by atoms with Crippen LogP contribution in [0.1, 0.15) is 6.42 Å². The summed E-state index contributed by atoms with van der Waals surface area (Å²) in [4.78, 5) is 0.464. The van der Waals surface area contributed by atoms with E-state index in [-0.39, 0.29) is 11.5 Å². The van der Waals surface area contributed by atoms with E-state index < -0.39 is 20.6 Å². The quantitative estimate of drug-likeness (QED) is 0.834. The third kappa shape index (κ3) is 5.06. The van der Waals surface area contributed by atoms with Gasteiger partial charge in [0.2, 0.25) is 0 Å². The average Bonchev–Trinajstić information content (AvgIpc) is 2.19.